The molecule has 0 fully saturated rings. The van der Waals surface area contributed by atoms with Gasteiger partial charge < -0.3 is 4.98 Å². The van der Waals surface area contributed by atoms with Gasteiger partial charge in [0.2, 0.25) is 5.43 Å². The van der Waals surface area contributed by atoms with Crippen LogP contribution in [0.5, 0.6) is 0 Å². The Kier molecular flexibility index (Phi) is 2.30. The van der Waals surface area contributed by atoms with Gasteiger partial charge in [-0.2, -0.15) is 0 Å². The summed E-state index contributed by atoms with van der Waals surface area (Å²) in [5, 5.41) is -0.623. The number of hydrogen-bond acceptors (Lipinski definition) is 1. The van der Waals surface area contributed by atoms with Crippen LogP contribution in [-0.2, 0) is 0 Å². The number of nitrogens with one attached hydrogen (secondary N) is 1. The zero-order valence-electron chi connectivity index (χ0n) is 7.07. The van der Waals surface area contributed by atoms with Crippen molar-refractivity contribution in [3.8, 4) is 0 Å². The summed E-state index contributed by atoms with van der Waals surface area (Å²) in [5.41, 5.74) is -1.14. The molecular formula is C9H3BrF3NO. The molecule has 0 aliphatic heterocycles. The van der Waals surface area contributed by atoms with E-state index in [-0.39, 0.29) is 9.99 Å². The molecule has 2 aromatic rings. The van der Waals surface area contributed by atoms with Crippen molar-refractivity contribution in [2.24, 2.45) is 0 Å². The standard InChI is InChI=1S/C9H3BrF3NO/c10-3-2-14-8-5(12)1-4(11)7(13)6(8)9(3)15/h1-2H,(H,14,15). The highest BCUT2D eigenvalue weighted by molar-refractivity contribution is 9.10. The Balaban J connectivity index is 3.12. The normalized spacial score (nSPS) is 10.9. The third kappa shape index (κ3) is 1.45. The summed E-state index contributed by atoms with van der Waals surface area (Å²) in [4.78, 5) is 13.8. The third-order valence-electron chi connectivity index (χ3n) is 1.96. The summed E-state index contributed by atoms with van der Waals surface area (Å²) in [6.07, 6.45) is 1.17. The number of fused-ring (bicyclic) bond motifs is 1. The van der Waals surface area contributed by atoms with E-state index in [4.69, 9.17) is 0 Å². The summed E-state index contributed by atoms with van der Waals surface area (Å²) in [6.45, 7) is 0. The number of H-pyrrole nitrogens is 1. The van der Waals surface area contributed by atoms with Gasteiger partial charge in [0, 0.05) is 12.3 Å². The smallest absolute Gasteiger partial charge is 0.206 e. The molecule has 1 aromatic heterocycles. The lowest BCUT2D eigenvalue weighted by Crippen LogP contribution is -2.08. The number of hydrogen-bond donors (Lipinski definition) is 1. The van der Waals surface area contributed by atoms with Gasteiger partial charge in [0.1, 0.15) is 0 Å². The van der Waals surface area contributed by atoms with Crippen molar-refractivity contribution < 1.29 is 13.2 Å². The molecule has 0 aliphatic carbocycles. The fourth-order valence-electron chi connectivity index (χ4n) is 1.27. The Morgan fingerprint density at radius 1 is 1.20 bits per heavy atom. The first-order chi connectivity index (χ1) is 7.02. The first-order valence-electron chi connectivity index (χ1n) is 3.86. The van der Waals surface area contributed by atoms with Crippen LogP contribution >= 0.6 is 15.9 Å². The first kappa shape index (κ1) is 10.2. The summed E-state index contributed by atoms with van der Waals surface area (Å²) in [7, 11) is 0. The largest absolute Gasteiger partial charge is 0.357 e. The van der Waals surface area contributed by atoms with Gasteiger partial charge in [-0.1, -0.05) is 0 Å². The number of halogens is 4. The van der Waals surface area contributed by atoms with Crippen LogP contribution in [0.3, 0.4) is 0 Å². The Labute approximate surface area is 89.9 Å². The second-order valence-corrected chi connectivity index (χ2v) is 3.72. The summed E-state index contributed by atoms with van der Waals surface area (Å²) < 4.78 is 39.2. The van der Waals surface area contributed by atoms with Crippen molar-refractivity contribution in [2.75, 3.05) is 0 Å². The van der Waals surface area contributed by atoms with Crippen molar-refractivity contribution >= 4 is 26.8 Å². The lowest BCUT2D eigenvalue weighted by molar-refractivity contribution is 0.504. The van der Waals surface area contributed by atoms with Gasteiger partial charge in [0.15, 0.2) is 17.5 Å². The molecule has 15 heavy (non-hydrogen) atoms. The van der Waals surface area contributed by atoms with Crippen LogP contribution in [0, 0.1) is 17.5 Å². The van der Waals surface area contributed by atoms with Gasteiger partial charge in [0.25, 0.3) is 0 Å². The van der Waals surface area contributed by atoms with Gasteiger partial charge in [-0.05, 0) is 15.9 Å². The number of benzene rings is 1. The monoisotopic (exact) mass is 277 g/mol. The maximum Gasteiger partial charge on any atom is 0.206 e. The average Bonchev–Trinajstić information content (AvgIpc) is 2.19. The van der Waals surface area contributed by atoms with Gasteiger partial charge in [-0.25, -0.2) is 13.2 Å². The molecule has 0 amide bonds. The second-order valence-electron chi connectivity index (χ2n) is 2.87. The highest BCUT2D eigenvalue weighted by atomic mass is 79.9. The van der Waals surface area contributed by atoms with E-state index in [0.29, 0.717) is 6.07 Å². The van der Waals surface area contributed by atoms with Crippen molar-refractivity contribution in [1.29, 1.82) is 0 Å². The summed E-state index contributed by atoms with van der Waals surface area (Å²) >= 11 is 2.84. The van der Waals surface area contributed by atoms with Crippen molar-refractivity contribution in [3.63, 3.8) is 0 Å². The van der Waals surface area contributed by atoms with E-state index in [9.17, 15) is 18.0 Å². The van der Waals surface area contributed by atoms with Crippen LogP contribution in [0.2, 0.25) is 0 Å². The van der Waals surface area contributed by atoms with E-state index in [0.717, 1.165) is 0 Å². The molecule has 1 aromatic carbocycles. The van der Waals surface area contributed by atoms with E-state index in [1.165, 1.54) is 6.20 Å². The van der Waals surface area contributed by atoms with Crippen LogP contribution in [0.15, 0.2) is 21.5 Å². The zero-order valence-corrected chi connectivity index (χ0v) is 8.66. The predicted molar refractivity (Wildman–Crippen MR) is 52.1 cm³/mol. The highest BCUT2D eigenvalue weighted by Gasteiger charge is 2.16. The maximum absolute atomic E-state index is 13.2. The highest BCUT2D eigenvalue weighted by Crippen LogP contribution is 2.20. The molecule has 1 N–H and O–H groups in total. The minimum Gasteiger partial charge on any atom is -0.357 e. The van der Waals surface area contributed by atoms with Gasteiger partial charge >= 0.3 is 0 Å². The van der Waals surface area contributed by atoms with Crippen molar-refractivity contribution in [1.82, 2.24) is 4.98 Å². The van der Waals surface area contributed by atoms with Crippen LogP contribution in [0.4, 0.5) is 13.2 Å². The minimum atomic E-state index is -1.39. The lowest BCUT2D eigenvalue weighted by Gasteiger charge is -2.02. The molecule has 0 aliphatic rings. The molecule has 6 heteroatoms. The molecule has 1 heterocycles. The predicted octanol–water partition coefficient (Wildman–Crippen LogP) is 2.71. The Bertz CT molecular complexity index is 608. The van der Waals surface area contributed by atoms with E-state index < -0.39 is 28.3 Å². The van der Waals surface area contributed by atoms with Crippen molar-refractivity contribution in [2.45, 2.75) is 0 Å². The summed E-state index contributed by atoms with van der Waals surface area (Å²) in [6, 6.07) is 0.390. The molecule has 78 valence electrons. The van der Waals surface area contributed by atoms with Gasteiger partial charge in [-0.15, -0.1) is 0 Å². The molecule has 0 radical (unpaired) electrons. The molecule has 0 saturated heterocycles. The quantitative estimate of drug-likeness (QED) is 0.738. The molecule has 0 atom stereocenters. The van der Waals surface area contributed by atoms with Crippen molar-refractivity contribution in [3.05, 3.63) is 44.4 Å². The van der Waals surface area contributed by atoms with E-state index >= 15 is 0 Å². The van der Waals surface area contributed by atoms with Gasteiger partial charge in [0.05, 0.1) is 15.4 Å². The topological polar surface area (TPSA) is 32.9 Å². The van der Waals surface area contributed by atoms with Crippen LogP contribution < -0.4 is 5.43 Å². The van der Waals surface area contributed by atoms with Gasteiger partial charge in [-0.3, -0.25) is 4.79 Å². The van der Waals surface area contributed by atoms with Crippen LogP contribution in [-0.4, -0.2) is 4.98 Å². The number of rotatable bonds is 0. The Morgan fingerprint density at radius 3 is 2.53 bits per heavy atom. The fourth-order valence-corrected chi connectivity index (χ4v) is 1.58. The fraction of sp³-hybridized carbons (Fsp3) is 0. The second kappa shape index (κ2) is 3.37. The van der Waals surface area contributed by atoms with Crippen LogP contribution in [0.1, 0.15) is 0 Å². The summed E-state index contributed by atoms with van der Waals surface area (Å²) in [5.74, 6) is -3.74. The number of aromatic nitrogens is 1. The molecule has 0 saturated carbocycles. The number of aromatic amines is 1. The molecule has 2 rings (SSSR count). The maximum atomic E-state index is 13.2. The molecular weight excluding hydrogens is 275 g/mol. The number of pyridine rings is 1. The Morgan fingerprint density at radius 2 is 1.87 bits per heavy atom. The average molecular weight is 278 g/mol. The Hall–Kier alpha value is -1.30. The van der Waals surface area contributed by atoms with Crippen LogP contribution in [0.25, 0.3) is 10.9 Å². The minimum absolute atomic E-state index is 0.0129. The molecule has 0 spiro atoms. The zero-order chi connectivity index (χ0) is 11.2. The first-order valence-corrected chi connectivity index (χ1v) is 4.66. The lowest BCUT2D eigenvalue weighted by atomic mass is 10.2. The molecule has 2 nitrogen and oxygen atoms in total. The van der Waals surface area contributed by atoms with E-state index in [1.807, 2.05) is 0 Å². The molecule has 0 unspecified atom stereocenters. The molecule has 0 bridgehead atoms. The van der Waals surface area contributed by atoms with E-state index in [2.05, 4.69) is 20.9 Å². The SMILES string of the molecule is O=c1c(Br)c[nH]c2c(F)cc(F)c(F)c12. The third-order valence-corrected chi connectivity index (χ3v) is 2.55. The van der Waals surface area contributed by atoms with E-state index in [1.54, 1.807) is 0 Å².